The van der Waals surface area contributed by atoms with Crippen molar-refractivity contribution >= 4 is 19.2 Å². The van der Waals surface area contributed by atoms with Gasteiger partial charge in [0.15, 0.2) is 0 Å². The summed E-state index contributed by atoms with van der Waals surface area (Å²) < 4.78 is 18.3. The molecule has 3 aromatic rings. The van der Waals surface area contributed by atoms with Crippen LogP contribution in [-0.2, 0) is 22.5 Å². The lowest BCUT2D eigenvalue weighted by atomic mass is 9.86. The molecule has 2 aliphatic heterocycles. The van der Waals surface area contributed by atoms with Gasteiger partial charge in [-0.1, -0.05) is 79.8 Å². The minimum absolute atomic E-state index is 0.0362. The number of nitrogens with zero attached hydrogens (tertiary/aromatic N) is 1. The van der Waals surface area contributed by atoms with Crippen LogP contribution in [0.4, 0.5) is 0 Å². The van der Waals surface area contributed by atoms with Crippen LogP contribution in [0.3, 0.4) is 0 Å². The molecule has 2 aliphatic rings. The van der Waals surface area contributed by atoms with E-state index in [1.165, 1.54) is 10.8 Å². The van der Waals surface area contributed by atoms with Crippen molar-refractivity contribution in [3.8, 4) is 11.5 Å². The fraction of sp³-hybridized carbons (Fsp3) is 0.424. The summed E-state index contributed by atoms with van der Waals surface area (Å²) in [6.07, 6.45) is 0.674. The fourth-order valence-electron chi connectivity index (χ4n) is 6.69. The predicted octanol–water partition coefficient (Wildman–Crippen LogP) is 5.10. The number of aliphatic hydroxyl groups excluding tert-OH is 1. The van der Waals surface area contributed by atoms with Crippen molar-refractivity contribution in [2.75, 3.05) is 20.8 Å². The Hall–Kier alpha value is -3.13. The number of ether oxygens (including phenoxy) is 3. The number of carbonyl (C=O) groups excluding carboxylic acids is 1. The number of rotatable bonds is 8. The Kier molecular flexibility index (Phi) is 8.36. The normalized spacial score (nSPS) is 23.0. The van der Waals surface area contributed by atoms with Crippen LogP contribution in [0.1, 0.15) is 36.1 Å². The molecule has 5 atom stereocenters. The van der Waals surface area contributed by atoms with Gasteiger partial charge < -0.3 is 24.2 Å². The number of amides is 1. The van der Waals surface area contributed by atoms with Gasteiger partial charge in [0, 0.05) is 37.1 Å². The molecule has 0 saturated carbocycles. The number of fused-ring (bicyclic) bond motifs is 2. The number of hydrogen-bond donors (Lipinski definition) is 1. The van der Waals surface area contributed by atoms with E-state index < -0.39 is 8.07 Å². The lowest BCUT2D eigenvalue weighted by Crippen LogP contribution is -2.56. The van der Waals surface area contributed by atoms with Crippen molar-refractivity contribution in [2.24, 2.45) is 5.92 Å². The van der Waals surface area contributed by atoms with Crippen LogP contribution < -0.4 is 14.7 Å². The van der Waals surface area contributed by atoms with Gasteiger partial charge in [-0.05, 0) is 35.7 Å². The summed E-state index contributed by atoms with van der Waals surface area (Å²) in [7, 11) is 1.11. The largest absolute Gasteiger partial charge is 0.497 e. The molecule has 1 N–H and O–H groups in total. The van der Waals surface area contributed by atoms with Crippen LogP contribution in [0.5, 0.6) is 11.5 Å². The Morgan fingerprint density at radius 3 is 2.38 bits per heavy atom. The molecule has 0 spiro atoms. The van der Waals surface area contributed by atoms with Crippen molar-refractivity contribution in [1.82, 2.24) is 4.90 Å². The van der Waals surface area contributed by atoms with Gasteiger partial charge in [-0.3, -0.25) is 4.79 Å². The SMILES string of the molecule is COc1ccc([Si](C)(C)C(CC(=O)N2Cc3ccccc3C[C@H]2CO)[C@@H]2Oc3ccccc3[C@H](OC)[C@H]2C)cc1. The standard InChI is InChI=1S/C33H41NO5Si/c1-22-32(38-3)28-12-8-9-13-29(28)39-33(22)30(40(4,5)27-16-14-26(37-2)15-17-27)19-31(36)34-20-24-11-7-6-10-23(24)18-25(34)21-35/h6-17,22,25,30,32-33,35H,18-21H2,1-5H3/t22-,25+,30?,32-,33-/m1/s1. The molecule has 2 heterocycles. The number of aliphatic hydroxyl groups is 1. The minimum atomic E-state index is -2.31. The van der Waals surface area contributed by atoms with Gasteiger partial charge in [0.25, 0.3) is 0 Å². The molecule has 212 valence electrons. The monoisotopic (exact) mass is 559 g/mol. The summed E-state index contributed by atoms with van der Waals surface area (Å²) >= 11 is 0. The third-order valence-electron chi connectivity index (χ3n) is 9.18. The zero-order valence-electron chi connectivity index (χ0n) is 24.2. The maximum absolute atomic E-state index is 14.2. The second-order valence-corrected chi connectivity index (χ2v) is 16.5. The number of hydrogen-bond acceptors (Lipinski definition) is 5. The first-order valence-electron chi connectivity index (χ1n) is 14.2. The van der Waals surface area contributed by atoms with E-state index in [0.29, 0.717) is 19.4 Å². The number of benzene rings is 3. The van der Waals surface area contributed by atoms with E-state index in [1.807, 2.05) is 47.4 Å². The highest BCUT2D eigenvalue weighted by Gasteiger charge is 2.48. The summed E-state index contributed by atoms with van der Waals surface area (Å²) in [5, 5.41) is 11.5. The van der Waals surface area contributed by atoms with E-state index in [-0.39, 0.29) is 42.2 Å². The zero-order chi connectivity index (χ0) is 28.4. The first-order valence-corrected chi connectivity index (χ1v) is 17.3. The summed E-state index contributed by atoms with van der Waals surface area (Å²) in [4.78, 5) is 16.1. The van der Waals surface area contributed by atoms with Gasteiger partial charge in [0.2, 0.25) is 5.91 Å². The van der Waals surface area contributed by atoms with Crippen molar-refractivity contribution in [3.05, 3.63) is 89.5 Å². The Bertz CT molecular complexity index is 1330. The third-order valence-corrected chi connectivity index (χ3v) is 13.4. The molecule has 0 aliphatic carbocycles. The van der Waals surface area contributed by atoms with E-state index in [0.717, 1.165) is 22.6 Å². The summed E-state index contributed by atoms with van der Waals surface area (Å²) in [6, 6.07) is 24.4. The lowest BCUT2D eigenvalue weighted by Gasteiger charge is -2.46. The molecule has 5 rings (SSSR count). The minimum Gasteiger partial charge on any atom is -0.497 e. The van der Waals surface area contributed by atoms with Crippen molar-refractivity contribution in [3.63, 3.8) is 0 Å². The average Bonchev–Trinajstić information content (AvgIpc) is 2.98. The van der Waals surface area contributed by atoms with E-state index in [1.54, 1.807) is 14.2 Å². The van der Waals surface area contributed by atoms with Crippen LogP contribution >= 0.6 is 0 Å². The summed E-state index contributed by atoms with van der Waals surface area (Å²) in [5.41, 5.74) is 3.37. The Labute approximate surface area is 238 Å². The molecule has 0 saturated heterocycles. The molecule has 0 bridgehead atoms. The maximum Gasteiger partial charge on any atom is 0.223 e. The first kappa shape index (κ1) is 28.4. The quantitative estimate of drug-likeness (QED) is 0.389. The molecule has 0 fully saturated rings. The Morgan fingerprint density at radius 2 is 1.70 bits per heavy atom. The Morgan fingerprint density at radius 1 is 1.02 bits per heavy atom. The summed E-state index contributed by atoms with van der Waals surface area (Å²) in [6.45, 7) is 7.31. The molecule has 1 unspecified atom stereocenters. The topological polar surface area (TPSA) is 68.2 Å². The van der Waals surface area contributed by atoms with Crippen LogP contribution in [0.2, 0.25) is 18.6 Å². The van der Waals surface area contributed by atoms with E-state index >= 15 is 0 Å². The van der Waals surface area contributed by atoms with E-state index in [4.69, 9.17) is 14.2 Å². The molecular formula is C33H41NO5Si. The van der Waals surface area contributed by atoms with E-state index in [9.17, 15) is 9.90 Å². The highest BCUT2D eigenvalue weighted by atomic mass is 28.3. The first-order chi connectivity index (χ1) is 19.3. The number of carbonyl (C=O) groups is 1. The van der Waals surface area contributed by atoms with Crippen LogP contribution in [0.15, 0.2) is 72.8 Å². The molecule has 7 heteroatoms. The molecule has 1 amide bonds. The highest BCUT2D eigenvalue weighted by Crippen LogP contribution is 2.47. The maximum atomic E-state index is 14.2. The fourth-order valence-corrected chi connectivity index (χ4v) is 10.0. The van der Waals surface area contributed by atoms with Gasteiger partial charge in [-0.2, -0.15) is 0 Å². The summed E-state index contributed by atoms with van der Waals surface area (Å²) in [5.74, 6) is 1.75. The van der Waals surface area contributed by atoms with Crippen molar-refractivity contribution in [1.29, 1.82) is 0 Å². The second kappa shape index (κ2) is 11.8. The molecule has 0 radical (unpaired) electrons. The van der Waals surface area contributed by atoms with E-state index in [2.05, 4.69) is 50.3 Å². The second-order valence-electron chi connectivity index (χ2n) is 11.7. The number of para-hydroxylation sites is 1. The molecule has 3 aromatic carbocycles. The zero-order valence-corrected chi connectivity index (χ0v) is 25.2. The predicted molar refractivity (Wildman–Crippen MR) is 160 cm³/mol. The number of methoxy groups -OCH3 is 2. The van der Waals surface area contributed by atoms with Crippen LogP contribution in [-0.4, -0.2) is 57.0 Å². The Balaban J connectivity index is 1.52. The molecular weight excluding hydrogens is 518 g/mol. The van der Waals surface area contributed by atoms with Crippen LogP contribution in [0, 0.1) is 5.92 Å². The average molecular weight is 560 g/mol. The van der Waals surface area contributed by atoms with Crippen molar-refractivity contribution in [2.45, 2.75) is 63.2 Å². The lowest BCUT2D eigenvalue weighted by molar-refractivity contribution is -0.136. The van der Waals surface area contributed by atoms with Gasteiger partial charge >= 0.3 is 0 Å². The third kappa shape index (κ3) is 5.30. The molecule has 0 aromatic heterocycles. The van der Waals surface area contributed by atoms with Gasteiger partial charge in [0.05, 0.1) is 33.9 Å². The molecule has 40 heavy (non-hydrogen) atoms. The highest BCUT2D eigenvalue weighted by molar-refractivity contribution is 6.91. The van der Waals surface area contributed by atoms with Crippen LogP contribution in [0.25, 0.3) is 0 Å². The van der Waals surface area contributed by atoms with Gasteiger partial charge in [-0.15, -0.1) is 0 Å². The van der Waals surface area contributed by atoms with Gasteiger partial charge in [0.1, 0.15) is 17.6 Å². The molecule has 6 nitrogen and oxygen atoms in total. The van der Waals surface area contributed by atoms with Gasteiger partial charge in [-0.25, -0.2) is 0 Å². The van der Waals surface area contributed by atoms with Crippen molar-refractivity contribution < 1.29 is 24.1 Å². The smallest absolute Gasteiger partial charge is 0.223 e.